The van der Waals surface area contributed by atoms with Gasteiger partial charge in [-0.2, -0.15) is 13.2 Å². The Morgan fingerprint density at radius 2 is 1.80 bits per heavy atom. The molecule has 3 aliphatic carbocycles. The number of carboxylic acid groups (broad SMARTS) is 1. The molecule has 8 rings (SSSR count). The molecular formula is C41H50F3N5O9S. The predicted octanol–water partition coefficient (Wildman–Crippen LogP) is 5.61. The number of aryl methyl sites for hydroxylation is 1. The number of halogens is 3. The van der Waals surface area contributed by atoms with E-state index in [0.717, 1.165) is 12.8 Å². The first-order chi connectivity index (χ1) is 27.9. The number of methoxy groups -OCH3 is 1. The number of sulfonamides is 1. The Morgan fingerprint density at radius 3 is 2.47 bits per heavy atom. The zero-order valence-electron chi connectivity index (χ0n) is 33.1. The lowest BCUT2D eigenvalue weighted by atomic mass is 9.87. The normalized spacial score (nSPS) is 30.2. The van der Waals surface area contributed by atoms with Crippen molar-refractivity contribution in [1.29, 1.82) is 0 Å². The molecule has 6 aliphatic rings. The highest BCUT2D eigenvalue weighted by Gasteiger charge is 2.64. The predicted molar refractivity (Wildman–Crippen MR) is 207 cm³/mol. The third kappa shape index (κ3) is 7.47. The molecule has 5 atom stereocenters. The van der Waals surface area contributed by atoms with Gasteiger partial charge in [0.1, 0.15) is 29.0 Å². The van der Waals surface area contributed by atoms with Crippen LogP contribution >= 0.6 is 0 Å². The minimum absolute atomic E-state index is 0.0591. The number of hydrogen-bond acceptors (Lipinski definition) is 9. The van der Waals surface area contributed by atoms with Crippen molar-refractivity contribution in [3.8, 4) is 11.5 Å². The molecule has 1 saturated heterocycles. The molecule has 2 aromatic rings. The highest BCUT2D eigenvalue weighted by Crippen LogP contribution is 2.51. The number of carbonyl (C=O) groups excluding carboxylic acids is 3. The first kappa shape index (κ1) is 41.1. The first-order valence-electron chi connectivity index (χ1n) is 20.5. The number of carbonyl (C=O) groups is 4. The third-order valence-corrected chi connectivity index (χ3v) is 15.7. The number of benzene rings is 1. The van der Waals surface area contributed by atoms with E-state index in [2.05, 4.69) is 15.0 Å². The maximum Gasteiger partial charge on any atom is 0.437 e. The Balaban J connectivity index is 1.20. The summed E-state index contributed by atoms with van der Waals surface area (Å²) in [6.07, 6.45) is 3.40. The number of aromatic nitrogens is 1. The lowest BCUT2D eigenvalue weighted by molar-refractivity contribution is -0.145. The number of allylic oxidation sites excluding steroid dienone is 1. The largest absolute Gasteiger partial charge is 0.497 e. The summed E-state index contributed by atoms with van der Waals surface area (Å²) < 4.78 is 83.7. The molecule has 320 valence electrons. The van der Waals surface area contributed by atoms with E-state index in [9.17, 15) is 41.1 Å². The van der Waals surface area contributed by atoms with Crippen LogP contribution in [0, 0.1) is 5.92 Å². The van der Waals surface area contributed by atoms with Crippen molar-refractivity contribution in [2.24, 2.45) is 5.92 Å². The molecule has 18 heteroatoms. The number of amides is 4. The van der Waals surface area contributed by atoms with Gasteiger partial charge in [0.05, 0.1) is 23.9 Å². The minimum atomic E-state index is -4.94. The van der Waals surface area contributed by atoms with Crippen molar-refractivity contribution in [2.75, 3.05) is 13.7 Å². The Kier molecular flexibility index (Phi) is 10.3. The number of nitrogens with one attached hydrogen (secondary N) is 2. The molecule has 59 heavy (non-hydrogen) atoms. The lowest BCUT2D eigenvalue weighted by Crippen LogP contribution is -2.59. The number of fused-ring (bicyclic) bond motifs is 5. The van der Waals surface area contributed by atoms with Crippen molar-refractivity contribution in [3.05, 3.63) is 41.6 Å². The van der Waals surface area contributed by atoms with Crippen LogP contribution in [0.3, 0.4) is 0 Å². The van der Waals surface area contributed by atoms with E-state index in [1.807, 2.05) is 6.08 Å². The summed E-state index contributed by atoms with van der Waals surface area (Å²) in [6, 6.07) is 1.49. The van der Waals surface area contributed by atoms with E-state index in [4.69, 9.17) is 9.47 Å². The van der Waals surface area contributed by atoms with E-state index in [1.165, 1.54) is 36.0 Å². The van der Waals surface area contributed by atoms with E-state index >= 15 is 4.79 Å². The van der Waals surface area contributed by atoms with Gasteiger partial charge < -0.3 is 24.8 Å². The molecule has 4 heterocycles. The number of pyridine rings is 1. The Hall–Kier alpha value is -4.61. The van der Waals surface area contributed by atoms with E-state index in [1.54, 1.807) is 12.1 Å². The van der Waals surface area contributed by atoms with Gasteiger partial charge in [-0.25, -0.2) is 18.2 Å². The number of rotatable bonds is 6. The fraction of sp³-hybridized carbons (Fsp3) is 0.634. The minimum Gasteiger partial charge on any atom is -0.497 e. The van der Waals surface area contributed by atoms with Gasteiger partial charge in [0.25, 0.3) is 5.91 Å². The second-order valence-corrected chi connectivity index (χ2v) is 19.7. The zero-order chi connectivity index (χ0) is 42.1. The van der Waals surface area contributed by atoms with Gasteiger partial charge in [-0.15, -0.1) is 0 Å². The van der Waals surface area contributed by atoms with Crippen molar-refractivity contribution in [1.82, 2.24) is 24.8 Å². The quantitative estimate of drug-likeness (QED) is 0.309. The summed E-state index contributed by atoms with van der Waals surface area (Å²) in [7, 11) is -2.67. The molecule has 1 aromatic heterocycles. The van der Waals surface area contributed by atoms with Crippen molar-refractivity contribution in [3.63, 3.8) is 0 Å². The molecule has 3 saturated carbocycles. The molecular weight excluding hydrogens is 796 g/mol. The van der Waals surface area contributed by atoms with Crippen LogP contribution in [0.25, 0.3) is 10.9 Å². The Bertz CT molecular complexity index is 2210. The van der Waals surface area contributed by atoms with E-state index < -0.39 is 91.4 Å². The summed E-state index contributed by atoms with van der Waals surface area (Å²) in [5.74, 6) is -3.09. The van der Waals surface area contributed by atoms with Crippen LogP contribution < -0.4 is 19.5 Å². The Labute approximate surface area is 340 Å². The fourth-order valence-electron chi connectivity index (χ4n) is 9.66. The molecule has 1 aromatic carbocycles. The maximum absolute atomic E-state index is 15.1. The molecule has 1 spiro atoms. The molecule has 14 nitrogen and oxygen atoms in total. The van der Waals surface area contributed by atoms with Crippen LogP contribution in [0.2, 0.25) is 0 Å². The Morgan fingerprint density at radius 1 is 1.07 bits per heavy atom. The fourth-order valence-corrected chi connectivity index (χ4v) is 11.0. The SMILES string of the molecule is COc1ccc2nc(C(F)(F)F)c3c(c2c1)CC[C@]1(C[C@H]2C(=O)N[C@]4(C(=O)NS(=O)(=O)C5(C)CC5)C[C@H]4/C=C\CCCCC[C@H](N(C(=O)O)C4CCCC4)C(=O)N2C1)O3. The lowest BCUT2D eigenvalue weighted by Gasteiger charge is -2.38. The second-order valence-electron chi connectivity index (χ2n) is 17.5. The monoisotopic (exact) mass is 845 g/mol. The van der Waals surface area contributed by atoms with Gasteiger partial charge >= 0.3 is 12.3 Å². The van der Waals surface area contributed by atoms with E-state index in [0.29, 0.717) is 62.5 Å². The summed E-state index contributed by atoms with van der Waals surface area (Å²) in [6.45, 7) is 1.19. The zero-order valence-corrected chi connectivity index (χ0v) is 33.9. The van der Waals surface area contributed by atoms with Gasteiger partial charge in [0.2, 0.25) is 21.8 Å². The van der Waals surface area contributed by atoms with Crippen LogP contribution in [-0.4, -0.2) is 99.8 Å². The summed E-state index contributed by atoms with van der Waals surface area (Å²) >= 11 is 0. The second kappa shape index (κ2) is 14.8. The van der Waals surface area contributed by atoms with Crippen LogP contribution in [0.1, 0.15) is 108 Å². The summed E-state index contributed by atoms with van der Waals surface area (Å²) in [5, 5.41) is 13.8. The van der Waals surface area contributed by atoms with Gasteiger partial charge in [0, 0.05) is 29.3 Å². The van der Waals surface area contributed by atoms with Crippen molar-refractivity contribution < 1.29 is 55.3 Å². The van der Waals surface area contributed by atoms with Crippen LogP contribution in [0.4, 0.5) is 18.0 Å². The average molecular weight is 846 g/mol. The van der Waals surface area contributed by atoms with Crippen LogP contribution in [0.5, 0.6) is 11.5 Å². The molecule has 0 unspecified atom stereocenters. The molecule has 0 radical (unpaired) electrons. The molecule has 4 amide bonds. The van der Waals surface area contributed by atoms with Crippen LogP contribution in [0.15, 0.2) is 30.4 Å². The van der Waals surface area contributed by atoms with Crippen LogP contribution in [-0.2, 0) is 37.0 Å². The summed E-state index contributed by atoms with van der Waals surface area (Å²) in [4.78, 5) is 63.2. The molecule has 4 fully saturated rings. The average Bonchev–Trinajstić information content (AvgIpc) is 3.97. The standard InChI is InChI=1S/C41H50F3N5O9S/c1-38(18-19-38)59(55,56)47-36(52)40-21-24(40)10-6-4-3-5-7-13-30(49(37(53)54)25-11-8-9-12-25)35(51)48-23-39(22-31(48)34(50)46-40)17-16-27-28-20-26(57-2)14-15-29(28)45-33(32(27)58-39)41(42,43)44/h6,10,14-15,20,24-25,30-31H,3-5,7-9,11-13,16-19,21-23H2,1-2H3,(H,46,50)(H,47,52)(H,53,54)/b10-6-/t24-,30+,31+,39-,40-/m1/s1. The smallest absolute Gasteiger partial charge is 0.437 e. The number of ether oxygens (including phenoxy) is 2. The topological polar surface area (TPSA) is 185 Å². The first-order valence-corrected chi connectivity index (χ1v) is 22.0. The highest BCUT2D eigenvalue weighted by atomic mass is 32.2. The number of nitrogens with zero attached hydrogens (tertiary/aromatic N) is 3. The maximum atomic E-state index is 15.1. The van der Waals surface area contributed by atoms with E-state index in [-0.39, 0.29) is 49.7 Å². The summed E-state index contributed by atoms with van der Waals surface area (Å²) in [5.41, 5.74) is -4.15. The van der Waals surface area contributed by atoms with Gasteiger partial charge in [-0.1, -0.05) is 37.8 Å². The highest BCUT2D eigenvalue weighted by molar-refractivity contribution is 7.91. The molecule has 0 bridgehead atoms. The molecule has 3 aliphatic heterocycles. The van der Waals surface area contributed by atoms with Gasteiger partial charge in [0.15, 0.2) is 11.4 Å². The van der Waals surface area contributed by atoms with Gasteiger partial charge in [-0.3, -0.25) is 24.0 Å². The van der Waals surface area contributed by atoms with Crippen molar-refractivity contribution in [2.45, 2.75) is 143 Å². The molecule has 3 N–H and O–H groups in total. The number of alkyl halides is 3. The van der Waals surface area contributed by atoms with Crippen molar-refractivity contribution >= 4 is 44.7 Å². The number of hydrogen-bond donors (Lipinski definition) is 3. The van der Waals surface area contributed by atoms with Gasteiger partial charge in [-0.05, 0) is 89.3 Å². The third-order valence-electron chi connectivity index (χ3n) is 13.5.